The van der Waals surface area contributed by atoms with Crippen LogP contribution in [0.25, 0.3) is 10.9 Å². The highest BCUT2D eigenvalue weighted by molar-refractivity contribution is 9.11. The third kappa shape index (κ3) is 4.17. The van der Waals surface area contributed by atoms with Gasteiger partial charge in [0, 0.05) is 29.1 Å². The Morgan fingerprint density at radius 3 is 2.32 bits per heavy atom. The Balaban J connectivity index is 1.65. The number of fused-ring (bicyclic) bond motifs is 4. The molecule has 2 aromatic carbocycles. The Hall–Kier alpha value is -3.05. The fraction of sp³-hybridized carbons (Fsp3) is 0.346. The highest BCUT2D eigenvalue weighted by atomic mass is 79.9. The van der Waals surface area contributed by atoms with E-state index in [4.69, 9.17) is 14.2 Å². The van der Waals surface area contributed by atoms with Crippen LogP contribution in [0.3, 0.4) is 0 Å². The van der Waals surface area contributed by atoms with Gasteiger partial charge in [-0.1, -0.05) is 13.3 Å². The molecule has 37 heavy (non-hydrogen) atoms. The smallest absolute Gasteiger partial charge is 0.321 e. The van der Waals surface area contributed by atoms with Crippen molar-refractivity contribution in [1.82, 2.24) is 4.57 Å². The van der Waals surface area contributed by atoms with E-state index < -0.39 is 17.4 Å². The number of aliphatic carboxylic acids is 2. The predicted octanol–water partition coefficient (Wildman–Crippen LogP) is 5.41. The number of aromatic nitrogens is 1. The van der Waals surface area contributed by atoms with E-state index in [0.717, 1.165) is 12.8 Å². The number of ether oxygens (including phenoxy) is 3. The number of nitrogens with zero attached hydrogens (tertiary/aromatic N) is 1. The van der Waals surface area contributed by atoms with Crippen LogP contribution in [0, 0.1) is 5.41 Å². The maximum atomic E-state index is 14.0. The van der Waals surface area contributed by atoms with Crippen LogP contribution >= 0.6 is 31.9 Å². The second-order valence-corrected chi connectivity index (χ2v) is 10.8. The van der Waals surface area contributed by atoms with Gasteiger partial charge in [-0.05, 0) is 74.9 Å². The molecular weight excluding hydrogens is 614 g/mol. The van der Waals surface area contributed by atoms with Crippen molar-refractivity contribution < 1.29 is 38.8 Å². The lowest BCUT2D eigenvalue weighted by Gasteiger charge is -2.29. The molecule has 0 spiro atoms. The summed E-state index contributed by atoms with van der Waals surface area (Å²) in [6.45, 7) is 2.63. The quantitative estimate of drug-likeness (QED) is 0.261. The molecule has 0 atom stereocenters. The molecule has 0 saturated carbocycles. The summed E-state index contributed by atoms with van der Waals surface area (Å²) in [5.41, 5.74) is -0.0176. The molecule has 9 nitrogen and oxygen atoms in total. The van der Waals surface area contributed by atoms with Crippen LogP contribution in [0.1, 0.15) is 47.8 Å². The van der Waals surface area contributed by atoms with Gasteiger partial charge in [0.05, 0.1) is 21.1 Å². The predicted molar refractivity (Wildman–Crippen MR) is 140 cm³/mol. The molecule has 3 aromatic rings. The monoisotopic (exact) mass is 635 g/mol. The lowest BCUT2D eigenvalue weighted by molar-refractivity contribution is -0.165. The molecule has 0 radical (unpaired) electrons. The first-order valence-corrected chi connectivity index (χ1v) is 13.4. The highest BCUT2D eigenvalue weighted by Gasteiger charge is 2.50. The zero-order valence-corrected chi connectivity index (χ0v) is 23.0. The van der Waals surface area contributed by atoms with Gasteiger partial charge in [-0.2, -0.15) is 0 Å². The maximum absolute atomic E-state index is 14.0. The van der Waals surface area contributed by atoms with Crippen molar-refractivity contribution in [2.24, 2.45) is 5.41 Å². The molecule has 194 valence electrons. The number of carboxylic acids is 2. The van der Waals surface area contributed by atoms with Crippen LogP contribution < -0.4 is 14.2 Å². The summed E-state index contributed by atoms with van der Waals surface area (Å²) in [5.74, 6) is -1.62. The van der Waals surface area contributed by atoms with E-state index >= 15 is 0 Å². The van der Waals surface area contributed by atoms with Crippen molar-refractivity contribution in [3.63, 3.8) is 0 Å². The highest BCUT2D eigenvalue weighted by Crippen LogP contribution is 2.45. The third-order valence-electron chi connectivity index (χ3n) is 6.95. The SMILES string of the molecule is CCCCOc1c(Br)cc(C(=O)n2c3c(c4cc5c(cc42)OCO5)CC(C(=O)O)(C(=O)O)CC3)cc1Br. The molecule has 0 amide bonds. The van der Waals surface area contributed by atoms with E-state index in [1.807, 2.05) is 0 Å². The number of rotatable bonds is 7. The maximum Gasteiger partial charge on any atom is 0.321 e. The fourth-order valence-electron chi connectivity index (χ4n) is 4.93. The number of carboxylic acid groups (broad SMARTS) is 2. The number of benzene rings is 2. The van der Waals surface area contributed by atoms with Gasteiger partial charge in [-0.15, -0.1) is 0 Å². The van der Waals surface area contributed by atoms with E-state index in [9.17, 15) is 24.6 Å². The largest absolute Gasteiger partial charge is 0.491 e. The van der Waals surface area contributed by atoms with Gasteiger partial charge in [-0.25, -0.2) is 0 Å². The second kappa shape index (κ2) is 9.68. The molecule has 0 fully saturated rings. The van der Waals surface area contributed by atoms with Crippen molar-refractivity contribution in [2.45, 2.75) is 39.0 Å². The molecule has 0 unspecified atom stereocenters. The molecular formula is C26H23Br2NO8. The Morgan fingerprint density at radius 2 is 1.70 bits per heavy atom. The molecule has 2 N–H and O–H groups in total. The number of carbonyl (C=O) groups excluding carboxylic acids is 1. The minimum atomic E-state index is -1.98. The normalized spacial score (nSPS) is 15.4. The van der Waals surface area contributed by atoms with Gasteiger partial charge >= 0.3 is 11.9 Å². The van der Waals surface area contributed by atoms with Crippen molar-refractivity contribution in [3.05, 3.63) is 50.0 Å². The van der Waals surface area contributed by atoms with Crippen LogP contribution in [0.15, 0.2) is 33.2 Å². The Kier molecular flexibility index (Phi) is 6.70. The first-order valence-electron chi connectivity index (χ1n) is 11.8. The molecule has 1 aliphatic carbocycles. The molecule has 5 rings (SSSR count). The Labute approximate surface area is 228 Å². The third-order valence-corrected chi connectivity index (χ3v) is 8.13. The van der Waals surface area contributed by atoms with Gasteiger partial charge in [-0.3, -0.25) is 19.0 Å². The van der Waals surface area contributed by atoms with E-state index in [0.29, 0.717) is 60.5 Å². The van der Waals surface area contributed by atoms with Crippen molar-refractivity contribution in [1.29, 1.82) is 0 Å². The Morgan fingerprint density at radius 1 is 1.05 bits per heavy atom. The van der Waals surface area contributed by atoms with Gasteiger partial charge in [0.2, 0.25) is 6.79 Å². The molecule has 0 bridgehead atoms. The number of hydrogen-bond acceptors (Lipinski definition) is 6. The van der Waals surface area contributed by atoms with Gasteiger partial charge in [0.25, 0.3) is 5.91 Å². The minimum absolute atomic E-state index is 0.0195. The van der Waals surface area contributed by atoms with Crippen LogP contribution in [0.4, 0.5) is 0 Å². The van der Waals surface area contributed by atoms with Crippen molar-refractivity contribution in [3.8, 4) is 17.2 Å². The second-order valence-electron chi connectivity index (χ2n) is 9.13. The molecule has 2 aliphatic rings. The summed E-state index contributed by atoms with van der Waals surface area (Å²) < 4.78 is 19.7. The number of hydrogen-bond donors (Lipinski definition) is 2. The summed E-state index contributed by atoms with van der Waals surface area (Å²) in [5, 5.41) is 20.3. The van der Waals surface area contributed by atoms with Crippen molar-refractivity contribution >= 4 is 60.6 Å². The zero-order valence-electron chi connectivity index (χ0n) is 19.8. The van der Waals surface area contributed by atoms with Crippen LogP contribution in [-0.4, -0.2) is 46.0 Å². The molecule has 0 saturated heterocycles. The van der Waals surface area contributed by atoms with Crippen LogP contribution in [-0.2, 0) is 22.4 Å². The number of halogens is 2. The van der Waals surface area contributed by atoms with Gasteiger partial charge in [0.15, 0.2) is 16.9 Å². The summed E-state index contributed by atoms with van der Waals surface area (Å²) >= 11 is 7.02. The summed E-state index contributed by atoms with van der Waals surface area (Å²) in [7, 11) is 0. The van der Waals surface area contributed by atoms with Crippen LogP contribution in [0.5, 0.6) is 17.2 Å². The molecule has 2 heterocycles. The number of unbranched alkanes of at least 4 members (excludes halogenated alkanes) is 1. The topological polar surface area (TPSA) is 124 Å². The van der Waals surface area contributed by atoms with Gasteiger partial charge in [0.1, 0.15) is 5.75 Å². The molecule has 11 heteroatoms. The van der Waals surface area contributed by atoms with Crippen molar-refractivity contribution in [2.75, 3.05) is 13.4 Å². The molecule has 1 aromatic heterocycles. The number of carbonyl (C=O) groups is 3. The Bertz CT molecular complexity index is 1420. The fourth-order valence-corrected chi connectivity index (χ4v) is 6.35. The van der Waals surface area contributed by atoms with E-state index in [1.54, 1.807) is 24.3 Å². The summed E-state index contributed by atoms with van der Waals surface area (Å²) in [6.07, 6.45) is 1.59. The summed E-state index contributed by atoms with van der Waals surface area (Å²) in [4.78, 5) is 38.2. The average molecular weight is 637 g/mol. The standard InChI is InChI=1S/C26H23Br2NO8/c1-2-3-6-35-22-16(27)7-13(8-17(22)28)23(30)29-18-4-5-26(24(31)32,25(33)34)11-15(18)14-9-20-21(10-19(14)29)37-12-36-20/h7-10H,2-6,11-12H2,1H3,(H,31,32)(H,33,34). The minimum Gasteiger partial charge on any atom is -0.491 e. The first-order chi connectivity index (χ1) is 17.7. The summed E-state index contributed by atoms with van der Waals surface area (Å²) in [6, 6.07) is 6.74. The molecule has 1 aliphatic heterocycles. The lowest BCUT2D eigenvalue weighted by atomic mass is 9.72. The van der Waals surface area contributed by atoms with Gasteiger partial charge < -0.3 is 24.4 Å². The van der Waals surface area contributed by atoms with E-state index in [1.165, 1.54) is 4.57 Å². The van der Waals surface area contributed by atoms with E-state index in [-0.39, 0.29) is 32.0 Å². The van der Waals surface area contributed by atoms with Crippen LogP contribution in [0.2, 0.25) is 0 Å². The average Bonchev–Trinajstić information content (AvgIpc) is 3.44. The van der Waals surface area contributed by atoms with E-state index in [2.05, 4.69) is 38.8 Å². The first kappa shape index (κ1) is 25.6. The zero-order chi connectivity index (χ0) is 26.5. The lowest BCUT2D eigenvalue weighted by Crippen LogP contribution is -2.44.